The minimum atomic E-state index is -0.259. The molecule has 1 unspecified atom stereocenters. The van der Waals surface area contributed by atoms with Gasteiger partial charge in [0.1, 0.15) is 5.82 Å². The molecule has 1 aromatic heterocycles. The molecule has 0 spiro atoms. The predicted molar refractivity (Wildman–Crippen MR) is 79.8 cm³/mol. The molecule has 2 aromatic rings. The van der Waals surface area contributed by atoms with Crippen molar-refractivity contribution >= 4 is 27.3 Å². The topological polar surface area (TPSA) is 32.3 Å². The predicted octanol–water partition coefficient (Wildman–Crippen LogP) is 2.86. The van der Waals surface area contributed by atoms with E-state index in [9.17, 15) is 9.18 Å². The molecule has 0 aliphatic carbocycles. The highest BCUT2D eigenvalue weighted by atomic mass is 32.1. The zero-order valence-electron chi connectivity index (χ0n) is 11.4. The average molecular weight is 292 g/mol. The van der Waals surface area contributed by atoms with E-state index in [0.29, 0.717) is 11.4 Å². The molecular weight excluding hydrogens is 275 g/mol. The summed E-state index contributed by atoms with van der Waals surface area (Å²) in [6.45, 7) is 4.53. The highest BCUT2D eigenvalue weighted by molar-refractivity contribution is 7.20. The number of nitrogens with zero attached hydrogens (tertiary/aromatic N) is 1. The monoisotopic (exact) mass is 292 g/mol. The molecule has 1 aliphatic rings. The summed E-state index contributed by atoms with van der Waals surface area (Å²) in [5.74, 6) is -0.200. The van der Waals surface area contributed by atoms with Gasteiger partial charge in [-0.3, -0.25) is 4.79 Å². The first-order chi connectivity index (χ1) is 9.69. The van der Waals surface area contributed by atoms with Gasteiger partial charge in [-0.2, -0.15) is 0 Å². The fraction of sp³-hybridized carbons (Fsp3) is 0.400. The van der Waals surface area contributed by atoms with Gasteiger partial charge in [-0.25, -0.2) is 4.39 Å². The lowest BCUT2D eigenvalue weighted by Crippen LogP contribution is -2.41. The molecule has 0 saturated carbocycles. The molecule has 2 heterocycles. The Kier molecular flexibility index (Phi) is 3.72. The van der Waals surface area contributed by atoms with Crippen molar-refractivity contribution in [3.8, 4) is 0 Å². The molecule has 1 fully saturated rings. The van der Waals surface area contributed by atoms with Crippen LogP contribution in [0.15, 0.2) is 24.3 Å². The Morgan fingerprint density at radius 2 is 2.35 bits per heavy atom. The molecule has 20 heavy (non-hydrogen) atoms. The average Bonchev–Trinajstić information content (AvgIpc) is 3.07. The molecular formula is C15H17FN2OS. The smallest absolute Gasteiger partial charge is 0.264 e. The van der Waals surface area contributed by atoms with Gasteiger partial charge in [0, 0.05) is 23.8 Å². The van der Waals surface area contributed by atoms with E-state index < -0.39 is 0 Å². The zero-order valence-corrected chi connectivity index (χ0v) is 12.2. The third kappa shape index (κ3) is 2.43. The van der Waals surface area contributed by atoms with Gasteiger partial charge < -0.3 is 10.2 Å². The SMILES string of the molecule is CCN(C(=O)c1cc2ccc(F)cc2s1)C1CCNC1. The number of halogens is 1. The third-order valence-electron chi connectivity index (χ3n) is 3.77. The quantitative estimate of drug-likeness (QED) is 0.943. The molecule has 1 aliphatic heterocycles. The van der Waals surface area contributed by atoms with Crippen molar-refractivity contribution in [3.63, 3.8) is 0 Å². The van der Waals surface area contributed by atoms with Gasteiger partial charge in [-0.15, -0.1) is 11.3 Å². The van der Waals surface area contributed by atoms with E-state index >= 15 is 0 Å². The summed E-state index contributed by atoms with van der Waals surface area (Å²) in [6, 6.07) is 6.79. The highest BCUT2D eigenvalue weighted by Crippen LogP contribution is 2.28. The summed E-state index contributed by atoms with van der Waals surface area (Å²) in [5, 5.41) is 4.22. The van der Waals surface area contributed by atoms with Crippen LogP contribution < -0.4 is 5.32 Å². The minimum absolute atomic E-state index is 0.0582. The Hall–Kier alpha value is -1.46. The highest BCUT2D eigenvalue weighted by Gasteiger charge is 2.26. The van der Waals surface area contributed by atoms with Gasteiger partial charge in [-0.05, 0) is 43.5 Å². The molecule has 1 N–H and O–H groups in total. The second kappa shape index (κ2) is 5.50. The summed E-state index contributed by atoms with van der Waals surface area (Å²) in [4.78, 5) is 15.2. The first-order valence-corrected chi connectivity index (χ1v) is 7.71. The number of amides is 1. The number of fused-ring (bicyclic) bond motifs is 1. The lowest BCUT2D eigenvalue weighted by atomic mass is 10.2. The maximum absolute atomic E-state index is 13.2. The van der Waals surface area contributed by atoms with E-state index in [4.69, 9.17) is 0 Å². The second-order valence-corrected chi connectivity index (χ2v) is 6.11. The van der Waals surface area contributed by atoms with Gasteiger partial charge in [0.05, 0.1) is 4.88 Å². The summed E-state index contributed by atoms with van der Waals surface area (Å²) >= 11 is 1.37. The van der Waals surface area contributed by atoms with Crippen molar-refractivity contribution < 1.29 is 9.18 Å². The van der Waals surface area contributed by atoms with Gasteiger partial charge in [0.15, 0.2) is 0 Å². The van der Waals surface area contributed by atoms with Crippen molar-refractivity contribution in [1.82, 2.24) is 10.2 Å². The Balaban J connectivity index is 1.90. The van der Waals surface area contributed by atoms with Crippen LogP contribution in [0.2, 0.25) is 0 Å². The molecule has 0 radical (unpaired) electrons. The van der Waals surface area contributed by atoms with Crippen molar-refractivity contribution in [2.24, 2.45) is 0 Å². The van der Waals surface area contributed by atoms with E-state index in [2.05, 4.69) is 5.32 Å². The first kappa shape index (κ1) is 13.5. The molecule has 3 rings (SSSR count). The molecule has 1 amide bonds. The van der Waals surface area contributed by atoms with E-state index in [1.54, 1.807) is 6.07 Å². The van der Waals surface area contributed by atoms with Gasteiger partial charge >= 0.3 is 0 Å². The minimum Gasteiger partial charge on any atom is -0.334 e. The van der Waals surface area contributed by atoms with Crippen LogP contribution in [0.3, 0.4) is 0 Å². The van der Waals surface area contributed by atoms with Crippen LogP contribution in [0, 0.1) is 5.82 Å². The van der Waals surface area contributed by atoms with Crippen LogP contribution in [-0.2, 0) is 0 Å². The number of thiophene rings is 1. The van der Waals surface area contributed by atoms with Gasteiger partial charge in [0.2, 0.25) is 0 Å². The number of hydrogen-bond acceptors (Lipinski definition) is 3. The van der Waals surface area contributed by atoms with Crippen molar-refractivity contribution in [3.05, 3.63) is 35.0 Å². The van der Waals surface area contributed by atoms with Crippen LogP contribution in [0.5, 0.6) is 0 Å². The number of carbonyl (C=O) groups excluding carboxylic acids is 1. The van der Waals surface area contributed by atoms with Crippen LogP contribution >= 0.6 is 11.3 Å². The fourth-order valence-electron chi connectivity index (χ4n) is 2.72. The largest absolute Gasteiger partial charge is 0.334 e. The van der Waals surface area contributed by atoms with Gasteiger partial charge in [0.25, 0.3) is 5.91 Å². The maximum Gasteiger partial charge on any atom is 0.264 e. The van der Waals surface area contributed by atoms with Crippen LogP contribution in [-0.4, -0.2) is 36.5 Å². The molecule has 106 valence electrons. The number of rotatable bonds is 3. The Morgan fingerprint density at radius 1 is 1.50 bits per heavy atom. The Labute approximate surface area is 121 Å². The van der Waals surface area contributed by atoms with E-state index in [1.807, 2.05) is 17.9 Å². The number of nitrogens with one attached hydrogen (secondary N) is 1. The fourth-order valence-corrected chi connectivity index (χ4v) is 3.77. The molecule has 1 saturated heterocycles. The summed E-state index contributed by atoms with van der Waals surface area (Å²) in [5.41, 5.74) is 0. The number of benzene rings is 1. The lowest BCUT2D eigenvalue weighted by molar-refractivity contribution is 0.0709. The van der Waals surface area contributed by atoms with Crippen molar-refractivity contribution in [2.45, 2.75) is 19.4 Å². The molecule has 0 bridgehead atoms. The van der Waals surface area contributed by atoms with Crippen LogP contribution in [0.1, 0.15) is 23.0 Å². The van der Waals surface area contributed by atoms with Gasteiger partial charge in [-0.1, -0.05) is 6.07 Å². The zero-order chi connectivity index (χ0) is 14.1. The normalized spacial score (nSPS) is 18.6. The Bertz CT molecular complexity index is 634. The van der Waals surface area contributed by atoms with Crippen molar-refractivity contribution in [2.75, 3.05) is 19.6 Å². The molecule has 3 nitrogen and oxygen atoms in total. The maximum atomic E-state index is 13.2. The van der Waals surface area contributed by atoms with E-state index in [1.165, 1.54) is 23.5 Å². The summed E-state index contributed by atoms with van der Waals surface area (Å²) in [6.07, 6.45) is 0.999. The van der Waals surface area contributed by atoms with Crippen LogP contribution in [0.4, 0.5) is 4.39 Å². The standard InChI is InChI=1S/C15H17FN2OS/c1-2-18(12-5-6-17-9-12)15(19)14-7-10-3-4-11(16)8-13(10)20-14/h3-4,7-8,12,17H,2,5-6,9H2,1H3. The molecule has 5 heteroatoms. The van der Waals surface area contributed by atoms with Crippen LogP contribution in [0.25, 0.3) is 10.1 Å². The number of likely N-dealkylation sites (N-methyl/N-ethyl adjacent to an activating group) is 1. The Morgan fingerprint density at radius 3 is 3.05 bits per heavy atom. The molecule has 1 atom stereocenters. The van der Waals surface area contributed by atoms with E-state index in [0.717, 1.165) is 29.6 Å². The summed E-state index contributed by atoms with van der Waals surface area (Å²) in [7, 11) is 0. The first-order valence-electron chi connectivity index (χ1n) is 6.90. The molecule has 1 aromatic carbocycles. The second-order valence-electron chi connectivity index (χ2n) is 5.03. The third-order valence-corrected chi connectivity index (χ3v) is 4.86. The number of hydrogen-bond donors (Lipinski definition) is 1. The van der Waals surface area contributed by atoms with Crippen molar-refractivity contribution in [1.29, 1.82) is 0 Å². The summed E-state index contributed by atoms with van der Waals surface area (Å²) < 4.78 is 14.0. The number of carbonyl (C=O) groups is 1. The van der Waals surface area contributed by atoms with E-state index in [-0.39, 0.29) is 17.8 Å². The lowest BCUT2D eigenvalue weighted by Gasteiger charge is -2.26.